The third-order valence-corrected chi connectivity index (χ3v) is 4.69. The topological polar surface area (TPSA) is 69.3 Å². The molecule has 0 aliphatic carbocycles. The summed E-state index contributed by atoms with van der Waals surface area (Å²) in [6.07, 6.45) is 3.75. The van der Waals surface area contributed by atoms with E-state index in [1.807, 2.05) is 31.2 Å². The lowest BCUT2D eigenvalue weighted by atomic mass is 10.2. The quantitative estimate of drug-likeness (QED) is 0.606. The fourth-order valence-electron chi connectivity index (χ4n) is 2.78. The van der Waals surface area contributed by atoms with Crippen molar-refractivity contribution in [2.45, 2.75) is 19.8 Å². The molecule has 6 heteroatoms. The van der Waals surface area contributed by atoms with Crippen LogP contribution in [0.5, 0.6) is 0 Å². The second kappa shape index (κ2) is 7.58. The average Bonchev–Trinajstić information content (AvgIpc) is 3.24. The van der Waals surface area contributed by atoms with Crippen molar-refractivity contribution in [3.63, 3.8) is 0 Å². The number of nitrogens with zero attached hydrogens (tertiary/aromatic N) is 2. The number of aryl methyl sites for hydroxylation is 1. The van der Waals surface area contributed by atoms with E-state index in [-0.39, 0.29) is 5.57 Å². The monoisotopic (exact) mass is 399 g/mol. The van der Waals surface area contributed by atoms with Gasteiger partial charge in [-0.1, -0.05) is 18.2 Å². The Kier molecular flexibility index (Phi) is 5.25. The first-order valence-electron chi connectivity index (χ1n) is 8.11. The minimum atomic E-state index is -0.452. The number of hydrogen-bond acceptors (Lipinski definition) is 4. The van der Waals surface area contributed by atoms with Crippen molar-refractivity contribution in [2.24, 2.45) is 0 Å². The Morgan fingerprint density at radius 2 is 2.08 bits per heavy atom. The molecule has 1 aliphatic heterocycles. The number of halogens is 1. The molecule has 1 amide bonds. The molecule has 1 aromatic heterocycles. The van der Waals surface area contributed by atoms with Crippen molar-refractivity contribution in [1.82, 2.24) is 0 Å². The number of amides is 1. The third-order valence-electron chi connectivity index (χ3n) is 4.13. The Labute approximate surface area is 155 Å². The Hall–Kier alpha value is -2.52. The highest BCUT2D eigenvalue weighted by Gasteiger charge is 2.20. The molecule has 0 unspecified atom stereocenters. The first-order chi connectivity index (χ1) is 12.1. The maximum Gasteiger partial charge on any atom is 0.266 e. The van der Waals surface area contributed by atoms with Gasteiger partial charge in [0.25, 0.3) is 5.91 Å². The predicted octanol–water partition coefficient (Wildman–Crippen LogP) is 4.50. The number of benzene rings is 1. The highest BCUT2D eigenvalue weighted by Crippen LogP contribution is 2.33. The number of furan rings is 1. The molecule has 25 heavy (non-hydrogen) atoms. The molecule has 0 spiro atoms. The molecular weight excluding hydrogens is 382 g/mol. The second-order valence-electron chi connectivity index (χ2n) is 5.93. The van der Waals surface area contributed by atoms with Gasteiger partial charge in [-0.3, -0.25) is 4.79 Å². The summed E-state index contributed by atoms with van der Waals surface area (Å²) in [5.41, 5.74) is 1.62. The van der Waals surface area contributed by atoms with Gasteiger partial charge < -0.3 is 14.6 Å². The van der Waals surface area contributed by atoms with Gasteiger partial charge in [0, 0.05) is 30.9 Å². The van der Waals surface area contributed by atoms with Crippen molar-refractivity contribution < 1.29 is 9.21 Å². The van der Waals surface area contributed by atoms with E-state index in [4.69, 9.17) is 4.42 Å². The normalized spacial score (nSPS) is 14.4. The molecule has 2 heterocycles. The van der Waals surface area contributed by atoms with Crippen LogP contribution in [0.25, 0.3) is 6.08 Å². The van der Waals surface area contributed by atoms with Crippen molar-refractivity contribution >= 4 is 39.5 Å². The summed E-state index contributed by atoms with van der Waals surface area (Å²) < 4.78 is 6.66. The maximum absolute atomic E-state index is 12.4. The van der Waals surface area contributed by atoms with Gasteiger partial charge in [0.15, 0.2) is 0 Å². The van der Waals surface area contributed by atoms with Gasteiger partial charge in [-0.05, 0) is 47.3 Å². The summed E-state index contributed by atoms with van der Waals surface area (Å²) in [5.74, 6) is 0.776. The first kappa shape index (κ1) is 17.3. The minimum Gasteiger partial charge on any atom is -0.440 e. The molecule has 2 aromatic rings. The molecule has 0 bridgehead atoms. The van der Waals surface area contributed by atoms with Crippen LogP contribution >= 0.6 is 15.9 Å². The third kappa shape index (κ3) is 3.94. The fourth-order valence-corrected chi connectivity index (χ4v) is 3.33. The Bertz CT molecular complexity index is 858. The number of rotatable bonds is 4. The molecule has 1 aromatic carbocycles. The highest BCUT2D eigenvalue weighted by molar-refractivity contribution is 9.10. The Morgan fingerprint density at radius 3 is 2.76 bits per heavy atom. The van der Waals surface area contributed by atoms with Gasteiger partial charge >= 0.3 is 0 Å². The molecule has 1 saturated heterocycles. The van der Waals surface area contributed by atoms with Crippen LogP contribution < -0.4 is 10.2 Å². The van der Waals surface area contributed by atoms with Crippen molar-refractivity contribution in [3.8, 4) is 6.07 Å². The first-order valence-corrected chi connectivity index (χ1v) is 8.91. The van der Waals surface area contributed by atoms with E-state index in [1.54, 1.807) is 12.1 Å². The fraction of sp³-hybridized carbons (Fsp3) is 0.263. The maximum atomic E-state index is 12.4. The molecule has 3 rings (SSSR count). The summed E-state index contributed by atoms with van der Waals surface area (Å²) in [5, 5.41) is 12.1. The van der Waals surface area contributed by atoms with Crippen LogP contribution in [0.2, 0.25) is 0 Å². The van der Waals surface area contributed by atoms with Crippen LogP contribution in [0.3, 0.4) is 0 Å². The second-order valence-corrected chi connectivity index (χ2v) is 6.79. The van der Waals surface area contributed by atoms with Crippen LogP contribution in [0.15, 0.2) is 44.8 Å². The van der Waals surface area contributed by atoms with E-state index in [0.717, 1.165) is 41.9 Å². The molecule has 1 fully saturated rings. The van der Waals surface area contributed by atoms with E-state index in [0.29, 0.717) is 11.4 Å². The zero-order chi connectivity index (χ0) is 17.8. The summed E-state index contributed by atoms with van der Waals surface area (Å²) in [4.78, 5) is 14.5. The number of carbonyl (C=O) groups is 1. The predicted molar refractivity (Wildman–Crippen MR) is 101 cm³/mol. The lowest BCUT2D eigenvalue weighted by Crippen LogP contribution is -2.17. The van der Waals surface area contributed by atoms with E-state index in [9.17, 15) is 10.1 Å². The smallest absolute Gasteiger partial charge is 0.266 e. The van der Waals surface area contributed by atoms with Crippen LogP contribution in [0, 0.1) is 18.3 Å². The van der Waals surface area contributed by atoms with E-state index >= 15 is 0 Å². The highest BCUT2D eigenvalue weighted by atomic mass is 79.9. The van der Waals surface area contributed by atoms with Crippen molar-refractivity contribution in [2.75, 3.05) is 23.3 Å². The zero-order valence-corrected chi connectivity index (χ0v) is 15.5. The van der Waals surface area contributed by atoms with E-state index in [2.05, 4.69) is 26.1 Å². The largest absolute Gasteiger partial charge is 0.440 e. The summed E-state index contributed by atoms with van der Waals surface area (Å²) >= 11 is 3.49. The summed E-state index contributed by atoms with van der Waals surface area (Å²) in [6.45, 7) is 3.81. The van der Waals surface area contributed by atoms with Gasteiger partial charge in [0.1, 0.15) is 17.4 Å². The molecule has 0 atom stereocenters. The van der Waals surface area contributed by atoms with Gasteiger partial charge in [0.2, 0.25) is 5.88 Å². The van der Waals surface area contributed by atoms with Gasteiger partial charge in [-0.2, -0.15) is 5.26 Å². The lowest BCUT2D eigenvalue weighted by molar-refractivity contribution is -0.112. The van der Waals surface area contributed by atoms with Gasteiger partial charge in [-0.15, -0.1) is 0 Å². The average molecular weight is 400 g/mol. The number of para-hydroxylation sites is 1. The lowest BCUT2D eigenvalue weighted by Gasteiger charge is -2.13. The zero-order valence-electron chi connectivity index (χ0n) is 13.9. The summed E-state index contributed by atoms with van der Waals surface area (Å²) in [7, 11) is 0. The molecule has 0 radical (unpaired) electrons. The minimum absolute atomic E-state index is 0.00234. The van der Waals surface area contributed by atoms with Crippen molar-refractivity contribution in [3.05, 3.63) is 51.7 Å². The van der Waals surface area contributed by atoms with Gasteiger partial charge in [-0.25, -0.2) is 0 Å². The van der Waals surface area contributed by atoms with Crippen molar-refractivity contribution in [1.29, 1.82) is 5.26 Å². The van der Waals surface area contributed by atoms with Crippen LogP contribution in [0.1, 0.15) is 24.2 Å². The van der Waals surface area contributed by atoms with E-state index < -0.39 is 5.91 Å². The summed E-state index contributed by atoms with van der Waals surface area (Å²) in [6, 6.07) is 11.2. The number of nitriles is 1. The van der Waals surface area contributed by atoms with Crippen LogP contribution in [0.4, 0.5) is 11.6 Å². The molecule has 1 aliphatic rings. The molecular formula is C19H18BrN3O2. The number of hydrogen-bond donors (Lipinski definition) is 1. The Balaban J connectivity index is 1.81. The van der Waals surface area contributed by atoms with Crippen LogP contribution in [-0.4, -0.2) is 19.0 Å². The number of nitrogens with one attached hydrogen (secondary N) is 1. The molecule has 0 saturated carbocycles. The standard InChI is InChI=1S/C19H18BrN3O2/c1-13-6-2-3-7-17(13)22-18(24)14(12-21)10-15-11-16(20)19(25-15)23-8-4-5-9-23/h2-3,6-7,10-11H,4-5,8-9H2,1H3,(H,22,24)/b14-10-. The van der Waals surface area contributed by atoms with Crippen LogP contribution in [-0.2, 0) is 4.79 Å². The molecule has 128 valence electrons. The Morgan fingerprint density at radius 1 is 1.36 bits per heavy atom. The molecule has 5 nitrogen and oxygen atoms in total. The number of carbonyl (C=O) groups excluding carboxylic acids is 1. The van der Waals surface area contributed by atoms with E-state index in [1.165, 1.54) is 6.08 Å². The number of anilines is 2. The van der Waals surface area contributed by atoms with Gasteiger partial charge in [0.05, 0.1) is 4.47 Å². The SMILES string of the molecule is Cc1ccccc1NC(=O)/C(C#N)=C\c1cc(Br)c(N2CCCC2)o1. The molecule has 1 N–H and O–H groups in total.